The fourth-order valence-corrected chi connectivity index (χ4v) is 4.42. The van der Waals surface area contributed by atoms with E-state index in [1.54, 1.807) is 19.1 Å². The van der Waals surface area contributed by atoms with Crippen molar-refractivity contribution in [3.8, 4) is 5.75 Å². The van der Waals surface area contributed by atoms with E-state index in [2.05, 4.69) is 20.7 Å². The van der Waals surface area contributed by atoms with Gasteiger partial charge in [-0.1, -0.05) is 6.07 Å². The Balaban J connectivity index is 2.44. The lowest BCUT2D eigenvalue weighted by molar-refractivity contribution is -0.137. The lowest BCUT2D eigenvalue weighted by Crippen LogP contribution is -2.16. The Morgan fingerprint density at radius 3 is 2.41 bits per heavy atom. The quantitative estimate of drug-likeness (QED) is 0.604. The molecular weight excluding hydrogens is 451 g/mol. The first-order valence-electron chi connectivity index (χ1n) is 7.66. The highest BCUT2D eigenvalue weighted by atomic mass is 79.9. The first-order chi connectivity index (χ1) is 12.5. The molecule has 10 heteroatoms. The van der Waals surface area contributed by atoms with E-state index in [1.807, 2.05) is 0 Å². The fourth-order valence-electron chi connectivity index (χ4n) is 2.17. The van der Waals surface area contributed by atoms with E-state index in [1.165, 1.54) is 13.2 Å². The average molecular weight is 468 g/mol. The SMILES string of the molecule is COCCOc1ccc(C(F)(F)F)cc1NS(=O)(=O)c1ccc(C)cc1Br. The molecule has 0 aliphatic heterocycles. The summed E-state index contributed by atoms with van der Waals surface area (Å²) in [6.07, 6.45) is -4.63. The molecule has 0 heterocycles. The van der Waals surface area contributed by atoms with Crippen molar-refractivity contribution in [2.24, 2.45) is 0 Å². The van der Waals surface area contributed by atoms with E-state index >= 15 is 0 Å². The van der Waals surface area contributed by atoms with Crippen LogP contribution in [0.2, 0.25) is 0 Å². The Bertz CT molecular complexity index is 917. The van der Waals surface area contributed by atoms with Gasteiger partial charge in [0.05, 0.1) is 17.9 Å². The molecule has 0 aliphatic rings. The van der Waals surface area contributed by atoms with Gasteiger partial charge in [0.15, 0.2) is 0 Å². The highest BCUT2D eigenvalue weighted by Crippen LogP contribution is 2.36. The third kappa shape index (κ3) is 5.60. The van der Waals surface area contributed by atoms with Crippen molar-refractivity contribution in [3.63, 3.8) is 0 Å². The second kappa shape index (κ2) is 8.49. The van der Waals surface area contributed by atoms with Gasteiger partial charge in [0.2, 0.25) is 0 Å². The van der Waals surface area contributed by atoms with Gasteiger partial charge in [-0.15, -0.1) is 0 Å². The van der Waals surface area contributed by atoms with E-state index in [4.69, 9.17) is 9.47 Å². The molecule has 2 aromatic rings. The molecule has 2 aromatic carbocycles. The summed E-state index contributed by atoms with van der Waals surface area (Å²) in [5, 5.41) is 0. The second-order valence-corrected chi connectivity index (χ2v) is 8.09. The monoisotopic (exact) mass is 467 g/mol. The molecule has 1 N–H and O–H groups in total. The summed E-state index contributed by atoms with van der Waals surface area (Å²) in [6, 6.07) is 7.13. The zero-order chi connectivity index (χ0) is 20.2. The molecule has 0 aromatic heterocycles. The summed E-state index contributed by atoms with van der Waals surface area (Å²) in [4.78, 5) is -0.103. The van der Waals surface area contributed by atoms with Crippen LogP contribution in [0.1, 0.15) is 11.1 Å². The molecule has 0 aliphatic carbocycles. The number of ether oxygens (including phenoxy) is 2. The van der Waals surface area contributed by atoms with E-state index in [0.29, 0.717) is 10.5 Å². The van der Waals surface area contributed by atoms with Crippen LogP contribution in [0.4, 0.5) is 18.9 Å². The van der Waals surface area contributed by atoms with Gasteiger partial charge in [-0.3, -0.25) is 4.72 Å². The summed E-state index contributed by atoms with van der Waals surface area (Å²) in [7, 11) is -2.71. The van der Waals surface area contributed by atoms with Gasteiger partial charge in [-0.2, -0.15) is 13.2 Å². The molecule has 27 heavy (non-hydrogen) atoms. The first kappa shape index (κ1) is 21.5. The number of rotatable bonds is 7. The van der Waals surface area contributed by atoms with Crippen molar-refractivity contribution in [3.05, 3.63) is 52.0 Å². The Hall–Kier alpha value is -1.78. The Labute approximate surface area is 163 Å². The molecule has 148 valence electrons. The lowest BCUT2D eigenvalue weighted by Gasteiger charge is -2.16. The van der Waals surface area contributed by atoms with Gasteiger partial charge in [0.25, 0.3) is 10.0 Å². The molecule has 0 amide bonds. The van der Waals surface area contributed by atoms with Crippen LogP contribution >= 0.6 is 15.9 Å². The predicted octanol–water partition coefficient (Wildman–Crippen LogP) is 4.60. The number of aryl methyl sites for hydroxylation is 1. The number of hydrogen-bond acceptors (Lipinski definition) is 4. The predicted molar refractivity (Wildman–Crippen MR) is 98.5 cm³/mol. The minimum Gasteiger partial charge on any atom is -0.489 e. The van der Waals surface area contributed by atoms with Crippen molar-refractivity contribution in [1.29, 1.82) is 0 Å². The van der Waals surface area contributed by atoms with Crippen molar-refractivity contribution < 1.29 is 31.1 Å². The second-order valence-electron chi connectivity index (χ2n) is 5.59. The van der Waals surface area contributed by atoms with Crippen LogP contribution in [-0.4, -0.2) is 28.7 Å². The van der Waals surface area contributed by atoms with Crippen LogP contribution in [0.25, 0.3) is 0 Å². The van der Waals surface area contributed by atoms with Crippen molar-refractivity contribution in [1.82, 2.24) is 0 Å². The van der Waals surface area contributed by atoms with Crippen LogP contribution in [0.3, 0.4) is 0 Å². The van der Waals surface area contributed by atoms with E-state index in [-0.39, 0.29) is 29.5 Å². The van der Waals surface area contributed by atoms with Crippen LogP contribution in [0.15, 0.2) is 45.8 Å². The number of anilines is 1. The summed E-state index contributed by atoms with van der Waals surface area (Å²) in [5.74, 6) is -0.0353. The smallest absolute Gasteiger partial charge is 0.416 e. The van der Waals surface area contributed by atoms with Crippen molar-refractivity contribution >= 4 is 31.6 Å². The van der Waals surface area contributed by atoms with Crippen LogP contribution in [0.5, 0.6) is 5.75 Å². The molecule has 2 rings (SSSR count). The molecule has 0 saturated carbocycles. The third-order valence-electron chi connectivity index (χ3n) is 3.47. The lowest BCUT2D eigenvalue weighted by atomic mass is 10.2. The van der Waals surface area contributed by atoms with Crippen molar-refractivity contribution in [2.75, 3.05) is 25.0 Å². The maximum Gasteiger partial charge on any atom is 0.416 e. The highest BCUT2D eigenvalue weighted by molar-refractivity contribution is 9.10. The minimum atomic E-state index is -4.63. The summed E-state index contributed by atoms with van der Waals surface area (Å²) < 4.78 is 77.1. The van der Waals surface area contributed by atoms with Crippen LogP contribution < -0.4 is 9.46 Å². The number of nitrogens with one attached hydrogen (secondary N) is 1. The molecule has 0 unspecified atom stereocenters. The Morgan fingerprint density at radius 1 is 1.11 bits per heavy atom. The molecular formula is C17H17BrF3NO4S. The van der Waals surface area contributed by atoms with Gasteiger partial charge in [0.1, 0.15) is 17.3 Å². The Kier molecular flexibility index (Phi) is 6.77. The van der Waals surface area contributed by atoms with E-state index in [9.17, 15) is 21.6 Å². The number of hydrogen-bond donors (Lipinski definition) is 1. The largest absolute Gasteiger partial charge is 0.489 e. The topological polar surface area (TPSA) is 64.6 Å². The summed E-state index contributed by atoms with van der Waals surface area (Å²) in [5.41, 5.74) is -0.487. The summed E-state index contributed by atoms with van der Waals surface area (Å²) in [6.45, 7) is 2.02. The van der Waals surface area contributed by atoms with Gasteiger partial charge >= 0.3 is 6.18 Å². The van der Waals surface area contributed by atoms with Gasteiger partial charge in [-0.05, 0) is 58.7 Å². The number of halogens is 4. The van der Waals surface area contributed by atoms with Crippen molar-refractivity contribution in [2.45, 2.75) is 18.0 Å². The molecule has 0 fully saturated rings. The highest BCUT2D eigenvalue weighted by Gasteiger charge is 2.32. The standard InChI is InChI=1S/C17H17BrF3NO4S/c1-11-3-6-16(13(18)9-11)27(23,24)22-14-10-12(17(19,20)21)4-5-15(14)26-8-7-25-2/h3-6,9-10,22H,7-8H2,1-2H3. The summed E-state index contributed by atoms with van der Waals surface area (Å²) >= 11 is 3.17. The third-order valence-corrected chi connectivity index (χ3v) is 5.82. The zero-order valence-electron chi connectivity index (χ0n) is 14.4. The van der Waals surface area contributed by atoms with E-state index in [0.717, 1.165) is 17.7 Å². The maximum atomic E-state index is 13.0. The Morgan fingerprint density at radius 2 is 1.81 bits per heavy atom. The van der Waals surface area contributed by atoms with Gasteiger partial charge in [0, 0.05) is 11.6 Å². The maximum absolute atomic E-state index is 13.0. The van der Waals surface area contributed by atoms with Crippen LogP contribution in [-0.2, 0) is 20.9 Å². The van der Waals surface area contributed by atoms with Crippen LogP contribution in [0, 0.1) is 6.92 Å². The average Bonchev–Trinajstić information content (AvgIpc) is 2.54. The number of alkyl halides is 3. The molecule has 0 spiro atoms. The molecule has 5 nitrogen and oxygen atoms in total. The molecule has 0 radical (unpaired) electrons. The van der Waals surface area contributed by atoms with Gasteiger partial charge < -0.3 is 9.47 Å². The van der Waals surface area contributed by atoms with E-state index < -0.39 is 21.8 Å². The normalized spacial score (nSPS) is 12.1. The number of sulfonamides is 1. The minimum absolute atomic E-state index is 0.0353. The fraction of sp³-hybridized carbons (Fsp3) is 0.294. The molecule has 0 atom stereocenters. The number of benzene rings is 2. The number of methoxy groups -OCH3 is 1. The molecule has 0 saturated heterocycles. The molecule has 0 bridgehead atoms. The van der Waals surface area contributed by atoms with Gasteiger partial charge in [-0.25, -0.2) is 8.42 Å². The zero-order valence-corrected chi connectivity index (χ0v) is 16.8. The first-order valence-corrected chi connectivity index (χ1v) is 9.94.